The Morgan fingerprint density at radius 3 is 2.70 bits per heavy atom. The summed E-state index contributed by atoms with van der Waals surface area (Å²) >= 11 is 3.05. The van der Waals surface area contributed by atoms with Crippen molar-refractivity contribution in [2.24, 2.45) is 0 Å². The lowest BCUT2D eigenvalue weighted by atomic mass is 10.2. The Labute approximate surface area is 221 Å². The van der Waals surface area contributed by atoms with Gasteiger partial charge in [-0.25, -0.2) is 19.6 Å². The SMILES string of the molecule is Cc1ccc2nc(-c3ccc(NC(=O)CSc4ncnc5c4cnn5Cc4ccccc4)cc3)sc2c1. The number of carbonyl (C=O) groups excluding carboxylic acids is 1. The molecule has 3 heterocycles. The van der Waals surface area contributed by atoms with Gasteiger partial charge >= 0.3 is 0 Å². The van der Waals surface area contributed by atoms with E-state index in [4.69, 9.17) is 4.98 Å². The van der Waals surface area contributed by atoms with Gasteiger partial charge in [0.25, 0.3) is 0 Å². The van der Waals surface area contributed by atoms with E-state index in [1.165, 1.54) is 28.4 Å². The number of amides is 1. The first kappa shape index (κ1) is 23.3. The molecular formula is C28H22N6OS2. The van der Waals surface area contributed by atoms with Gasteiger partial charge in [-0.05, 0) is 54.4 Å². The number of aryl methyl sites for hydroxylation is 1. The average Bonchev–Trinajstić information content (AvgIpc) is 3.53. The van der Waals surface area contributed by atoms with Crippen molar-refractivity contribution in [3.63, 3.8) is 0 Å². The van der Waals surface area contributed by atoms with Gasteiger partial charge in [0.05, 0.1) is 34.1 Å². The van der Waals surface area contributed by atoms with Crippen molar-refractivity contribution in [3.8, 4) is 10.6 Å². The fourth-order valence-electron chi connectivity index (χ4n) is 4.04. The van der Waals surface area contributed by atoms with Gasteiger partial charge in [-0.1, -0.05) is 48.2 Å². The number of rotatable bonds is 7. The van der Waals surface area contributed by atoms with Crippen LogP contribution >= 0.6 is 23.1 Å². The van der Waals surface area contributed by atoms with E-state index >= 15 is 0 Å². The lowest BCUT2D eigenvalue weighted by Gasteiger charge is -2.06. The molecule has 0 unspecified atom stereocenters. The minimum atomic E-state index is -0.100. The number of thiazole rings is 1. The highest BCUT2D eigenvalue weighted by molar-refractivity contribution is 8.00. The molecule has 7 nitrogen and oxygen atoms in total. The third kappa shape index (κ3) is 5.09. The monoisotopic (exact) mass is 522 g/mol. The molecule has 0 saturated carbocycles. The summed E-state index contributed by atoms with van der Waals surface area (Å²) in [5, 5.41) is 10.0. The Balaban J connectivity index is 1.10. The molecule has 6 aromatic rings. The number of nitrogens with zero attached hydrogens (tertiary/aromatic N) is 5. The van der Waals surface area contributed by atoms with Crippen LogP contribution in [-0.2, 0) is 11.3 Å². The largest absolute Gasteiger partial charge is 0.325 e. The van der Waals surface area contributed by atoms with Gasteiger partial charge in [0.2, 0.25) is 5.91 Å². The number of fused-ring (bicyclic) bond motifs is 2. The second-order valence-electron chi connectivity index (χ2n) is 8.61. The molecule has 37 heavy (non-hydrogen) atoms. The summed E-state index contributed by atoms with van der Waals surface area (Å²) in [6, 6.07) is 24.2. The van der Waals surface area contributed by atoms with E-state index in [-0.39, 0.29) is 11.7 Å². The van der Waals surface area contributed by atoms with Crippen LogP contribution in [0.2, 0.25) is 0 Å². The Hall–Kier alpha value is -4.08. The molecular weight excluding hydrogens is 500 g/mol. The smallest absolute Gasteiger partial charge is 0.234 e. The van der Waals surface area contributed by atoms with Crippen molar-refractivity contribution in [1.82, 2.24) is 24.7 Å². The highest BCUT2D eigenvalue weighted by Gasteiger charge is 2.13. The Kier molecular flexibility index (Phi) is 6.38. The molecule has 0 aliphatic rings. The van der Waals surface area contributed by atoms with Gasteiger partial charge < -0.3 is 5.32 Å². The number of hydrogen-bond acceptors (Lipinski definition) is 7. The summed E-state index contributed by atoms with van der Waals surface area (Å²) in [7, 11) is 0. The normalized spacial score (nSPS) is 11.3. The van der Waals surface area contributed by atoms with Crippen LogP contribution in [0.25, 0.3) is 31.8 Å². The summed E-state index contributed by atoms with van der Waals surface area (Å²) in [6.45, 7) is 2.71. The molecule has 1 amide bonds. The lowest BCUT2D eigenvalue weighted by molar-refractivity contribution is -0.113. The Bertz CT molecular complexity index is 1710. The first-order valence-corrected chi connectivity index (χ1v) is 13.5. The fourth-order valence-corrected chi connectivity index (χ4v) is 5.87. The Morgan fingerprint density at radius 2 is 1.86 bits per heavy atom. The zero-order chi connectivity index (χ0) is 25.2. The van der Waals surface area contributed by atoms with Crippen LogP contribution < -0.4 is 5.32 Å². The van der Waals surface area contributed by atoms with Gasteiger partial charge in [-0.2, -0.15) is 5.10 Å². The molecule has 1 N–H and O–H groups in total. The molecule has 9 heteroatoms. The van der Waals surface area contributed by atoms with E-state index in [0.29, 0.717) is 6.54 Å². The third-order valence-corrected chi connectivity index (χ3v) is 7.94. The van der Waals surface area contributed by atoms with Gasteiger partial charge in [0, 0.05) is 11.3 Å². The Morgan fingerprint density at radius 1 is 1.03 bits per heavy atom. The molecule has 3 aromatic heterocycles. The van der Waals surface area contributed by atoms with Crippen LogP contribution in [0.1, 0.15) is 11.1 Å². The van der Waals surface area contributed by atoms with Crippen molar-refractivity contribution in [2.75, 3.05) is 11.1 Å². The van der Waals surface area contributed by atoms with Crippen LogP contribution in [0.15, 0.2) is 90.3 Å². The second kappa shape index (κ2) is 10.1. The predicted octanol–water partition coefficient (Wildman–Crippen LogP) is 6.19. The summed E-state index contributed by atoms with van der Waals surface area (Å²) in [6.07, 6.45) is 3.29. The van der Waals surface area contributed by atoms with Crippen molar-refractivity contribution >= 4 is 55.9 Å². The van der Waals surface area contributed by atoms with Crippen molar-refractivity contribution < 1.29 is 4.79 Å². The maximum absolute atomic E-state index is 12.7. The van der Waals surface area contributed by atoms with Crippen molar-refractivity contribution in [2.45, 2.75) is 18.5 Å². The number of anilines is 1. The minimum Gasteiger partial charge on any atom is -0.325 e. The van der Waals surface area contributed by atoms with Gasteiger partial charge in [-0.3, -0.25) is 4.79 Å². The topological polar surface area (TPSA) is 85.6 Å². The molecule has 0 spiro atoms. The van der Waals surface area contributed by atoms with Crippen molar-refractivity contribution in [3.05, 3.63) is 96.4 Å². The first-order valence-electron chi connectivity index (χ1n) is 11.7. The fraction of sp³-hybridized carbons (Fsp3) is 0.107. The third-order valence-electron chi connectivity index (χ3n) is 5.87. The molecule has 0 atom stereocenters. The van der Waals surface area contributed by atoms with Gasteiger partial charge in [0.15, 0.2) is 5.65 Å². The second-order valence-corrected chi connectivity index (χ2v) is 10.6. The number of hydrogen-bond donors (Lipinski definition) is 1. The zero-order valence-electron chi connectivity index (χ0n) is 20.0. The van der Waals surface area contributed by atoms with E-state index < -0.39 is 0 Å². The maximum atomic E-state index is 12.7. The summed E-state index contributed by atoms with van der Waals surface area (Å²) in [4.78, 5) is 26.2. The van der Waals surface area contributed by atoms with Crippen LogP contribution in [-0.4, -0.2) is 36.4 Å². The van der Waals surface area contributed by atoms with Crippen LogP contribution in [0.4, 0.5) is 5.69 Å². The van der Waals surface area contributed by atoms with Crippen LogP contribution in [0, 0.1) is 6.92 Å². The minimum absolute atomic E-state index is 0.100. The zero-order valence-corrected chi connectivity index (χ0v) is 21.6. The summed E-state index contributed by atoms with van der Waals surface area (Å²) in [5.41, 5.74) is 5.90. The number of aromatic nitrogens is 5. The van der Waals surface area contributed by atoms with Crippen LogP contribution in [0.3, 0.4) is 0 Å². The highest BCUT2D eigenvalue weighted by Crippen LogP contribution is 2.31. The van der Waals surface area contributed by atoms with E-state index in [1.807, 2.05) is 47.1 Å². The highest BCUT2D eigenvalue weighted by atomic mass is 32.2. The molecule has 182 valence electrons. The first-order chi connectivity index (χ1) is 18.1. The van der Waals surface area contributed by atoms with E-state index in [9.17, 15) is 4.79 Å². The molecule has 0 bridgehead atoms. The van der Waals surface area contributed by atoms with Crippen molar-refractivity contribution in [1.29, 1.82) is 0 Å². The predicted molar refractivity (Wildman–Crippen MR) is 150 cm³/mol. The molecule has 0 saturated heterocycles. The average molecular weight is 523 g/mol. The number of carbonyl (C=O) groups is 1. The molecule has 0 aliphatic heterocycles. The lowest BCUT2D eigenvalue weighted by Crippen LogP contribution is -2.14. The molecule has 3 aromatic carbocycles. The number of benzene rings is 3. The molecule has 6 rings (SSSR count). The molecule has 0 aliphatic carbocycles. The maximum Gasteiger partial charge on any atom is 0.234 e. The van der Waals surface area contributed by atoms with E-state index in [0.717, 1.165) is 43.4 Å². The van der Waals surface area contributed by atoms with Crippen LogP contribution in [0.5, 0.6) is 0 Å². The standard InChI is InChI=1S/C28H22N6OS2/c1-18-7-12-23-24(13-18)37-27(33-23)20-8-10-21(11-9-20)32-25(35)16-36-28-22-14-31-34(26(22)29-17-30-28)15-19-5-3-2-4-6-19/h2-14,17H,15-16H2,1H3,(H,32,35). The molecule has 0 radical (unpaired) electrons. The van der Waals surface area contributed by atoms with Gasteiger partial charge in [0.1, 0.15) is 16.4 Å². The summed E-state index contributed by atoms with van der Waals surface area (Å²) in [5.74, 6) is 0.131. The van der Waals surface area contributed by atoms with E-state index in [2.05, 4.69) is 57.6 Å². The summed E-state index contributed by atoms with van der Waals surface area (Å²) < 4.78 is 3.03. The quantitative estimate of drug-likeness (QED) is 0.199. The van der Waals surface area contributed by atoms with Gasteiger partial charge in [-0.15, -0.1) is 11.3 Å². The van der Waals surface area contributed by atoms with E-state index in [1.54, 1.807) is 17.5 Å². The number of thioether (sulfide) groups is 1. The molecule has 0 fully saturated rings. The number of nitrogens with one attached hydrogen (secondary N) is 1.